The van der Waals surface area contributed by atoms with E-state index in [9.17, 15) is 9.59 Å². The minimum absolute atomic E-state index is 0.136. The van der Waals surface area contributed by atoms with Crippen molar-refractivity contribution >= 4 is 40.6 Å². The van der Waals surface area contributed by atoms with Crippen LogP contribution in [0.25, 0.3) is 0 Å². The maximum atomic E-state index is 11.4. The van der Waals surface area contributed by atoms with Crippen molar-refractivity contribution in [2.75, 3.05) is 5.32 Å². The Bertz CT molecular complexity index is 498. The number of rotatable bonds is 2. The van der Waals surface area contributed by atoms with E-state index in [1.54, 1.807) is 20.8 Å². The lowest BCUT2D eigenvalue weighted by Gasteiger charge is -2.19. The number of carbonyl (C=O) groups is 2. The molecule has 0 spiro atoms. The van der Waals surface area contributed by atoms with E-state index in [1.165, 1.54) is 0 Å². The molecule has 1 aromatic heterocycles. The first kappa shape index (κ1) is 13.7. The van der Waals surface area contributed by atoms with Gasteiger partial charge in [0.2, 0.25) is 0 Å². The minimum Gasteiger partial charge on any atom is -0.476 e. The number of anilines is 1. The van der Waals surface area contributed by atoms with E-state index in [1.807, 2.05) is 0 Å². The second-order valence-corrected chi connectivity index (χ2v) is 5.84. The third kappa shape index (κ3) is 4.16. The van der Waals surface area contributed by atoms with E-state index in [-0.39, 0.29) is 14.6 Å². The van der Waals surface area contributed by atoms with Crippen molar-refractivity contribution in [3.05, 3.63) is 9.65 Å². The number of amides is 1. The topological polar surface area (TPSA) is 91.4 Å². The van der Waals surface area contributed by atoms with Crippen molar-refractivity contribution in [1.82, 2.24) is 4.98 Å². The molecule has 8 heteroatoms. The fraction of sp³-hybridized carbons (Fsp3) is 0.444. The number of aromatic carboxylic acids is 1. The van der Waals surface area contributed by atoms with Gasteiger partial charge in [-0.2, -0.15) is 0 Å². The zero-order chi connectivity index (χ0) is 13.2. The van der Waals surface area contributed by atoms with Gasteiger partial charge < -0.3 is 14.8 Å². The largest absolute Gasteiger partial charge is 0.476 e. The molecular formula is C9H12N2O4S2. The fourth-order valence-corrected chi connectivity index (χ4v) is 2.03. The van der Waals surface area contributed by atoms with Crippen molar-refractivity contribution in [3.8, 4) is 0 Å². The highest BCUT2D eigenvalue weighted by Gasteiger charge is 2.20. The van der Waals surface area contributed by atoms with Crippen LogP contribution in [-0.4, -0.2) is 27.8 Å². The van der Waals surface area contributed by atoms with Crippen LogP contribution in [0.3, 0.4) is 0 Å². The molecular weight excluding hydrogens is 264 g/mol. The first-order valence-corrected chi connectivity index (χ1v) is 5.88. The number of aromatic nitrogens is 1. The van der Waals surface area contributed by atoms with Crippen molar-refractivity contribution in [3.63, 3.8) is 0 Å². The molecule has 0 fully saturated rings. The van der Waals surface area contributed by atoms with Gasteiger partial charge in [-0.05, 0) is 33.0 Å². The van der Waals surface area contributed by atoms with E-state index in [2.05, 4.69) is 10.3 Å². The molecule has 0 bridgehead atoms. The lowest BCUT2D eigenvalue weighted by Crippen LogP contribution is -2.27. The highest BCUT2D eigenvalue weighted by Crippen LogP contribution is 2.22. The number of ether oxygens (including phenoxy) is 1. The van der Waals surface area contributed by atoms with Crippen LogP contribution in [-0.2, 0) is 4.74 Å². The van der Waals surface area contributed by atoms with Crippen molar-refractivity contribution in [1.29, 1.82) is 0 Å². The lowest BCUT2D eigenvalue weighted by molar-refractivity contribution is 0.0636. The molecule has 1 heterocycles. The van der Waals surface area contributed by atoms with Crippen LogP contribution in [0.4, 0.5) is 9.80 Å². The highest BCUT2D eigenvalue weighted by atomic mass is 32.1. The Kier molecular flexibility index (Phi) is 3.89. The van der Waals surface area contributed by atoms with Crippen molar-refractivity contribution < 1.29 is 19.4 Å². The maximum Gasteiger partial charge on any atom is 0.412 e. The molecule has 94 valence electrons. The summed E-state index contributed by atoms with van der Waals surface area (Å²) in [6.45, 7) is 5.14. The molecule has 6 nitrogen and oxygen atoms in total. The summed E-state index contributed by atoms with van der Waals surface area (Å²) in [6, 6.07) is 0. The smallest absolute Gasteiger partial charge is 0.412 e. The van der Waals surface area contributed by atoms with Gasteiger partial charge in [0.25, 0.3) is 0 Å². The summed E-state index contributed by atoms with van der Waals surface area (Å²) in [5.74, 6) is -1.19. The van der Waals surface area contributed by atoms with Gasteiger partial charge in [-0.15, -0.1) is 0 Å². The fourth-order valence-electron chi connectivity index (χ4n) is 0.963. The summed E-state index contributed by atoms with van der Waals surface area (Å²) in [4.78, 5) is 24.8. The number of carboxylic acid groups (broad SMARTS) is 1. The number of hydrogen-bond acceptors (Lipinski definition) is 5. The van der Waals surface area contributed by atoms with E-state index < -0.39 is 17.7 Å². The van der Waals surface area contributed by atoms with E-state index in [4.69, 9.17) is 22.1 Å². The van der Waals surface area contributed by atoms with Crippen molar-refractivity contribution in [2.24, 2.45) is 0 Å². The van der Waals surface area contributed by atoms with E-state index in [0.717, 1.165) is 11.3 Å². The average molecular weight is 276 g/mol. The highest BCUT2D eigenvalue weighted by molar-refractivity contribution is 7.73. The number of hydrogen-bond donors (Lipinski definition) is 3. The Morgan fingerprint density at radius 1 is 1.47 bits per heavy atom. The van der Waals surface area contributed by atoms with Gasteiger partial charge in [-0.1, -0.05) is 11.3 Å². The summed E-state index contributed by atoms with van der Waals surface area (Å²) in [5, 5.41) is 11.3. The molecule has 0 saturated carbocycles. The quantitative estimate of drug-likeness (QED) is 0.722. The van der Waals surface area contributed by atoms with Crippen LogP contribution in [0.1, 0.15) is 31.3 Å². The average Bonchev–Trinajstić information content (AvgIpc) is 2.42. The third-order valence-electron chi connectivity index (χ3n) is 1.48. The summed E-state index contributed by atoms with van der Waals surface area (Å²) in [7, 11) is 0. The number of aromatic amines is 1. The standard InChI is InChI=1S/C9H12N2O4S2/c1-9(2,3)15-7(14)11-5-4(6(12)13)10-8(16)17-5/h1-3H3,(H,10,16)(H,11,14)(H,12,13). The first-order chi connectivity index (χ1) is 7.69. The normalized spacial score (nSPS) is 11.0. The van der Waals surface area contributed by atoms with Gasteiger partial charge in [-0.25, -0.2) is 9.59 Å². The van der Waals surface area contributed by atoms with Gasteiger partial charge in [0, 0.05) is 0 Å². The monoisotopic (exact) mass is 276 g/mol. The molecule has 0 atom stereocenters. The molecule has 3 N–H and O–H groups in total. The minimum atomic E-state index is -1.19. The van der Waals surface area contributed by atoms with Crippen LogP contribution in [0, 0.1) is 3.95 Å². The number of carbonyl (C=O) groups excluding carboxylic acids is 1. The molecule has 0 unspecified atom stereocenters. The van der Waals surface area contributed by atoms with Crippen LogP contribution in [0.5, 0.6) is 0 Å². The Labute approximate surface area is 107 Å². The van der Waals surface area contributed by atoms with Crippen LogP contribution < -0.4 is 5.32 Å². The molecule has 1 aromatic rings. The Morgan fingerprint density at radius 3 is 2.53 bits per heavy atom. The predicted molar refractivity (Wildman–Crippen MR) is 66.3 cm³/mol. The SMILES string of the molecule is CC(C)(C)OC(=O)Nc1sc(=S)[nH]c1C(=O)O. The Balaban J connectivity index is 2.85. The molecule has 0 aliphatic rings. The number of thiazole rings is 1. The Hall–Kier alpha value is -1.41. The van der Waals surface area contributed by atoms with Crippen LogP contribution in [0.15, 0.2) is 0 Å². The van der Waals surface area contributed by atoms with Gasteiger partial charge in [-0.3, -0.25) is 5.32 Å². The summed E-state index contributed by atoms with van der Waals surface area (Å²) < 4.78 is 5.27. The molecule has 0 aliphatic heterocycles. The van der Waals surface area contributed by atoms with Gasteiger partial charge >= 0.3 is 12.1 Å². The number of nitrogens with one attached hydrogen (secondary N) is 2. The predicted octanol–water partition coefficient (Wildman–Crippen LogP) is 2.85. The van der Waals surface area contributed by atoms with Gasteiger partial charge in [0.1, 0.15) is 10.6 Å². The molecule has 17 heavy (non-hydrogen) atoms. The number of H-pyrrole nitrogens is 1. The van der Waals surface area contributed by atoms with Crippen molar-refractivity contribution in [2.45, 2.75) is 26.4 Å². The van der Waals surface area contributed by atoms with Gasteiger partial charge in [0.05, 0.1) is 0 Å². The molecule has 1 amide bonds. The first-order valence-electron chi connectivity index (χ1n) is 4.65. The van der Waals surface area contributed by atoms with Crippen LogP contribution in [0.2, 0.25) is 0 Å². The second kappa shape index (κ2) is 4.84. The lowest BCUT2D eigenvalue weighted by atomic mass is 10.2. The Morgan fingerprint density at radius 2 is 2.06 bits per heavy atom. The summed E-state index contributed by atoms with van der Waals surface area (Å²) in [6.07, 6.45) is -0.717. The zero-order valence-corrected chi connectivity index (χ0v) is 11.1. The molecule has 0 aliphatic carbocycles. The summed E-state index contributed by atoms with van der Waals surface area (Å²) >= 11 is 5.77. The molecule has 1 rings (SSSR count). The van der Waals surface area contributed by atoms with Crippen LogP contribution >= 0.6 is 23.6 Å². The third-order valence-corrected chi connectivity index (χ3v) is 2.63. The number of carboxylic acids is 1. The zero-order valence-electron chi connectivity index (χ0n) is 9.49. The van der Waals surface area contributed by atoms with E-state index in [0.29, 0.717) is 0 Å². The molecule has 0 radical (unpaired) electrons. The second-order valence-electron chi connectivity index (χ2n) is 4.15. The summed E-state index contributed by atoms with van der Waals surface area (Å²) in [5.41, 5.74) is -0.795. The molecule has 0 saturated heterocycles. The maximum absolute atomic E-state index is 11.4. The van der Waals surface area contributed by atoms with E-state index >= 15 is 0 Å². The molecule has 0 aromatic carbocycles. The van der Waals surface area contributed by atoms with Gasteiger partial charge in [0.15, 0.2) is 9.65 Å².